The van der Waals surface area contributed by atoms with Gasteiger partial charge in [-0.05, 0) is 59.1 Å². The number of carbonyl (C=O) groups excluding carboxylic acids is 1. The monoisotopic (exact) mass is 422 g/mol. The highest BCUT2D eigenvalue weighted by molar-refractivity contribution is 9.10. The Balaban J connectivity index is 1.48. The largest absolute Gasteiger partial charge is 0.492 e. The lowest BCUT2D eigenvalue weighted by Crippen LogP contribution is -2.12. The molecule has 0 radical (unpaired) electrons. The van der Waals surface area contributed by atoms with Crippen molar-refractivity contribution in [2.45, 2.75) is 19.8 Å². The summed E-state index contributed by atoms with van der Waals surface area (Å²) < 4.78 is 20.9. The standard InChI is InChI=1S/C18H16BrFN2O2S/c1-11-7-8-14(12(19)10-11)24-9-3-6-16(23)21-18-22-17-13(20)4-2-5-15(17)25-18/h2,4-5,7-8,10H,3,6,9H2,1H3,(H,21,22,23). The average molecular weight is 423 g/mol. The minimum Gasteiger partial charge on any atom is -0.492 e. The topological polar surface area (TPSA) is 51.2 Å². The van der Waals surface area contributed by atoms with Crippen LogP contribution in [0.2, 0.25) is 0 Å². The van der Waals surface area contributed by atoms with Gasteiger partial charge in [0, 0.05) is 6.42 Å². The van der Waals surface area contributed by atoms with Gasteiger partial charge >= 0.3 is 0 Å². The molecule has 3 rings (SSSR count). The smallest absolute Gasteiger partial charge is 0.226 e. The van der Waals surface area contributed by atoms with E-state index in [1.54, 1.807) is 12.1 Å². The molecule has 7 heteroatoms. The number of nitrogens with zero attached hydrogens (tertiary/aromatic N) is 1. The molecular weight excluding hydrogens is 407 g/mol. The number of ether oxygens (including phenoxy) is 1. The van der Waals surface area contributed by atoms with Gasteiger partial charge in [0.05, 0.1) is 15.8 Å². The van der Waals surface area contributed by atoms with Crippen molar-refractivity contribution in [2.24, 2.45) is 0 Å². The van der Waals surface area contributed by atoms with Crippen LogP contribution in [0.15, 0.2) is 40.9 Å². The van der Waals surface area contributed by atoms with Crippen LogP contribution in [0.5, 0.6) is 5.75 Å². The van der Waals surface area contributed by atoms with Crippen LogP contribution >= 0.6 is 27.3 Å². The summed E-state index contributed by atoms with van der Waals surface area (Å²) in [5.41, 5.74) is 1.43. The Kier molecular flexibility index (Phi) is 5.65. The SMILES string of the molecule is Cc1ccc(OCCCC(=O)Nc2nc3c(F)cccc3s2)c(Br)c1. The summed E-state index contributed by atoms with van der Waals surface area (Å²) in [6.07, 6.45) is 0.882. The number of anilines is 1. The van der Waals surface area contributed by atoms with E-state index in [4.69, 9.17) is 4.74 Å². The molecular formula is C18H16BrFN2O2S. The predicted molar refractivity (Wildman–Crippen MR) is 102 cm³/mol. The zero-order chi connectivity index (χ0) is 17.8. The predicted octanol–water partition coefficient (Wildman–Crippen LogP) is 5.30. The van der Waals surface area contributed by atoms with Gasteiger partial charge in [-0.2, -0.15) is 0 Å². The van der Waals surface area contributed by atoms with Crippen molar-refractivity contribution < 1.29 is 13.9 Å². The second-order valence-electron chi connectivity index (χ2n) is 5.54. The van der Waals surface area contributed by atoms with E-state index < -0.39 is 0 Å². The Labute approximate surface area is 157 Å². The molecule has 0 bridgehead atoms. The molecule has 2 aromatic carbocycles. The summed E-state index contributed by atoms with van der Waals surface area (Å²) in [6.45, 7) is 2.44. The van der Waals surface area contributed by atoms with E-state index in [0.29, 0.717) is 29.3 Å². The number of hydrogen-bond donors (Lipinski definition) is 1. The number of carbonyl (C=O) groups is 1. The van der Waals surface area contributed by atoms with Crippen LogP contribution in [-0.4, -0.2) is 17.5 Å². The van der Waals surface area contributed by atoms with Crippen molar-refractivity contribution in [1.82, 2.24) is 4.98 Å². The molecule has 1 amide bonds. The van der Waals surface area contributed by atoms with Crippen molar-refractivity contribution >= 4 is 48.5 Å². The first-order valence-electron chi connectivity index (χ1n) is 7.77. The van der Waals surface area contributed by atoms with Gasteiger partial charge in [-0.15, -0.1) is 0 Å². The summed E-state index contributed by atoms with van der Waals surface area (Å²) >= 11 is 4.71. The van der Waals surface area contributed by atoms with Crippen LogP contribution in [0.3, 0.4) is 0 Å². The molecule has 1 N–H and O–H groups in total. The van der Waals surface area contributed by atoms with Crippen LogP contribution in [0.4, 0.5) is 9.52 Å². The van der Waals surface area contributed by atoms with Crippen LogP contribution in [-0.2, 0) is 4.79 Å². The zero-order valence-electron chi connectivity index (χ0n) is 13.5. The number of thiazole rings is 1. The summed E-state index contributed by atoms with van der Waals surface area (Å²) in [4.78, 5) is 16.1. The molecule has 3 aromatic rings. The summed E-state index contributed by atoms with van der Waals surface area (Å²) in [5.74, 6) is 0.213. The lowest BCUT2D eigenvalue weighted by molar-refractivity contribution is -0.116. The molecule has 0 unspecified atom stereocenters. The molecule has 0 aliphatic rings. The van der Waals surface area contributed by atoms with E-state index >= 15 is 0 Å². The third-order valence-electron chi connectivity index (χ3n) is 3.51. The van der Waals surface area contributed by atoms with E-state index in [-0.39, 0.29) is 17.2 Å². The van der Waals surface area contributed by atoms with Gasteiger partial charge in [0.2, 0.25) is 5.91 Å². The number of nitrogens with one attached hydrogen (secondary N) is 1. The van der Waals surface area contributed by atoms with Crippen molar-refractivity contribution in [3.63, 3.8) is 0 Å². The van der Waals surface area contributed by atoms with Crippen molar-refractivity contribution in [1.29, 1.82) is 0 Å². The van der Waals surface area contributed by atoms with Crippen LogP contribution in [0.25, 0.3) is 10.2 Å². The van der Waals surface area contributed by atoms with Gasteiger partial charge in [-0.25, -0.2) is 9.37 Å². The van der Waals surface area contributed by atoms with Crippen LogP contribution < -0.4 is 10.1 Å². The molecule has 25 heavy (non-hydrogen) atoms. The number of benzene rings is 2. The summed E-state index contributed by atoms with van der Waals surface area (Å²) in [5, 5.41) is 3.12. The average Bonchev–Trinajstić information content (AvgIpc) is 2.97. The minimum atomic E-state index is -0.383. The summed E-state index contributed by atoms with van der Waals surface area (Å²) in [6, 6.07) is 10.6. The third kappa shape index (κ3) is 4.55. The fraction of sp³-hybridized carbons (Fsp3) is 0.222. The number of fused-ring (bicyclic) bond motifs is 1. The molecule has 0 atom stereocenters. The number of aryl methyl sites for hydroxylation is 1. The second-order valence-corrected chi connectivity index (χ2v) is 7.42. The molecule has 0 aliphatic carbocycles. The van der Waals surface area contributed by atoms with Gasteiger partial charge in [0.15, 0.2) is 5.13 Å². The Bertz CT molecular complexity index is 913. The Morgan fingerprint density at radius 3 is 2.96 bits per heavy atom. The maximum Gasteiger partial charge on any atom is 0.226 e. The maximum absolute atomic E-state index is 13.6. The molecule has 1 heterocycles. The van der Waals surface area contributed by atoms with E-state index in [1.807, 2.05) is 25.1 Å². The first kappa shape index (κ1) is 17.8. The third-order valence-corrected chi connectivity index (χ3v) is 5.06. The minimum absolute atomic E-state index is 0.161. The molecule has 4 nitrogen and oxygen atoms in total. The molecule has 0 aliphatic heterocycles. The van der Waals surface area contributed by atoms with Crippen molar-refractivity contribution in [2.75, 3.05) is 11.9 Å². The molecule has 0 saturated carbocycles. The maximum atomic E-state index is 13.6. The zero-order valence-corrected chi connectivity index (χ0v) is 15.9. The van der Waals surface area contributed by atoms with E-state index in [1.165, 1.54) is 17.4 Å². The Hall–Kier alpha value is -1.99. The fourth-order valence-electron chi connectivity index (χ4n) is 2.29. The highest BCUT2D eigenvalue weighted by Gasteiger charge is 2.10. The van der Waals surface area contributed by atoms with E-state index in [0.717, 1.165) is 15.8 Å². The Morgan fingerprint density at radius 2 is 2.20 bits per heavy atom. The number of halogens is 2. The quantitative estimate of drug-likeness (QED) is 0.547. The number of hydrogen-bond acceptors (Lipinski definition) is 4. The number of aromatic nitrogens is 1. The van der Waals surface area contributed by atoms with E-state index in [9.17, 15) is 9.18 Å². The summed E-state index contributed by atoms with van der Waals surface area (Å²) in [7, 11) is 0. The first-order valence-corrected chi connectivity index (χ1v) is 9.38. The fourth-order valence-corrected chi connectivity index (χ4v) is 3.79. The lowest BCUT2D eigenvalue weighted by Gasteiger charge is -2.08. The van der Waals surface area contributed by atoms with Gasteiger partial charge in [-0.3, -0.25) is 4.79 Å². The molecule has 0 saturated heterocycles. The van der Waals surface area contributed by atoms with Gasteiger partial charge in [0.25, 0.3) is 0 Å². The Morgan fingerprint density at radius 1 is 1.36 bits per heavy atom. The van der Waals surface area contributed by atoms with E-state index in [2.05, 4.69) is 26.2 Å². The lowest BCUT2D eigenvalue weighted by atomic mass is 10.2. The van der Waals surface area contributed by atoms with Crippen molar-refractivity contribution in [3.05, 3.63) is 52.3 Å². The van der Waals surface area contributed by atoms with Gasteiger partial charge in [-0.1, -0.05) is 23.5 Å². The number of rotatable bonds is 6. The molecule has 1 aromatic heterocycles. The second kappa shape index (κ2) is 7.93. The molecule has 0 spiro atoms. The van der Waals surface area contributed by atoms with Gasteiger partial charge < -0.3 is 10.1 Å². The highest BCUT2D eigenvalue weighted by atomic mass is 79.9. The first-order chi connectivity index (χ1) is 12.0. The number of para-hydroxylation sites is 1. The van der Waals surface area contributed by atoms with Crippen molar-refractivity contribution in [3.8, 4) is 5.75 Å². The molecule has 0 fully saturated rings. The van der Waals surface area contributed by atoms with Crippen LogP contribution in [0, 0.1) is 12.7 Å². The highest BCUT2D eigenvalue weighted by Crippen LogP contribution is 2.28. The molecule has 130 valence electrons. The number of amides is 1. The van der Waals surface area contributed by atoms with Gasteiger partial charge in [0.1, 0.15) is 17.1 Å². The normalized spacial score (nSPS) is 10.8. The van der Waals surface area contributed by atoms with Crippen LogP contribution in [0.1, 0.15) is 18.4 Å².